The van der Waals surface area contributed by atoms with Crippen molar-refractivity contribution in [3.63, 3.8) is 0 Å². The van der Waals surface area contributed by atoms with Crippen LogP contribution in [0.1, 0.15) is 12.0 Å². The van der Waals surface area contributed by atoms with Gasteiger partial charge in [0, 0.05) is 23.5 Å². The van der Waals surface area contributed by atoms with Crippen molar-refractivity contribution in [1.82, 2.24) is 19.6 Å². The number of carbonyl (C=O) groups is 1. The number of benzene rings is 1. The summed E-state index contributed by atoms with van der Waals surface area (Å²) in [6.45, 7) is 1.63. The molecule has 3 aromatic heterocycles. The Morgan fingerprint density at radius 1 is 1.10 bits per heavy atom. The third kappa shape index (κ3) is 4.37. The molecule has 3 heterocycles. The fraction of sp³-hybridized carbons (Fsp3) is 0.143. The van der Waals surface area contributed by atoms with Crippen molar-refractivity contribution >= 4 is 17.4 Å². The van der Waals surface area contributed by atoms with Crippen molar-refractivity contribution in [2.24, 2.45) is 0 Å². The van der Waals surface area contributed by atoms with E-state index in [0.29, 0.717) is 33.7 Å². The van der Waals surface area contributed by atoms with Gasteiger partial charge in [-0.05, 0) is 55.0 Å². The Morgan fingerprint density at radius 2 is 1.90 bits per heavy atom. The number of aryl methyl sites for hydroxylation is 1. The maximum atomic E-state index is 13.8. The number of aromatic nitrogens is 4. The molecule has 0 saturated carbocycles. The van der Waals surface area contributed by atoms with Crippen LogP contribution in [0.15, 0.2) is 54.9 Å². The lowest BCUT2D eigenvalue weighted by molar-refractivity contribution is -0.150. The van der Waals surface area contributed by atoms with Crippen LogP contribution < -0.4 is 5.32 Å². The topological polar surface area (TPSA) is 72.2 Å². The Hall–Kier alpha value is -3.82. The van der Waals surface area contributed by atoms with Crippen molar-refractivity contribution in [1.29, 1.82) is 0 Å². The van der Waals surface area contributed by atoms with E-state index in [9.17, 15) is 22.4 Å². The first-order valence-corrected chi connectivity index (χ1v) is 9.14. The monoisotopic (exact) mass is 429 g/mol. The number of carbonyl (C=O) groups excluding carboxylic acids is 1. The fourth-order valence-electron chi connectivity index (χ4n) is 3.16. The molecule has 6 nitrogen and oxygen atoms in total. The molecule has 0 aliphatic carbocycles. The molecule has 158 valence electrons. The molecular formula is C21H15F4N5O. The molecule has 0 aliphatic heterocycles. The Bertz CT molecular complexity index is 1280. The molecule has 1 amide bonds. The number of imidazole rings is 1. The van der Waals surface area contributed by atoms with E-state index in [1.807, 2.05) is 0 Å². The number of hydrogen-bond acceptors (Lipinski definition) is 4. The third-order valence-corrected chi connectivity index (χ3v) is 4.49. The first-order valence-electron chi connectivity index (χ1n) is 9.14. The molecule has 0 unspecified atom stereocenters. The molecule has 0 saturated heterocycles. The number of nitrogens with zero attached hydrogens (tertiary/aromatic N) is 4. The van der Waals surface area contributed by atoms with Crippen molar-refractivity contribution < 1.29 is 22.4 Å². The summed E-state index contributed by atoms with van der Waals surface area (Å²) >= 11 is 0. The summed E-state index contributed by atoms with van der Waals surface area (Å²) in [7, 11) is 0. The van der Waals surface area contributed by atoms with Gasteiger partial charge in [0.2, 0.25) is 5.91 Å². The molecule has 0 fully saturated rings. The second-order valence-corrected chi connectivity index (χ2v) is 6.84. The van der Waals surface area contributed by atoms with Crippen LogP contribution >= 0.6 is 0 Å². The van der Waals surface area contributed by atoms with Crippen LogP contribution in [0.4, 0.5) is 23.4 Å². The summed E-state index contributed by atoms with van der Waals surface area (Å²) < 4.78 is 52.7. The molecule has 10 heteroatoms. The number of amides is 1. The molecule has 31 heavy (non-hydrogen) atoms. The molecule has 0 radical (unpaired) electrons. The summed E-state index contributed by atoms with van der Waals surface area (Å²) in [5, 5.41) is 6.46. The van der Waals surface area contributed by atoms with Gasteiger partial charge >= 0.3 is 6.18 Å². The number of anilines is 1. The lowest BCUT2D eigenvalue weighted by Crippen LogP contribution is -2.21. The Kier molecular flexibility index (Phi) is 5.14. The van der Waals surface area contributed by atoms with E-state index in [1.54, 1.807) is 48.0 Å². The zero-order valence-electron chi connectivity index (χ0n) is 16.1. The van der Waals surface area contributed by atoms with E-state index in [-0.39, 0.29) is 11.6 Å². The average molecular weight is 429 g/mol. The number of fused-ring (bicyclic) bond motifs is 1. The largest absolute Gasteiger partial charge is 0.397 e. The van der Waals surface area contributed by atoms with Gasteiger partial charge in [0.05, 0.1) is 5.69 Å². The van der Waals surface area contributed by atoms with Crippen LogP contribution in [-0.4, -0.2) is 31.7 Å². The van der Waals surface area contributed by atoms with Gasteiger partial charge in [-0.1, -0.05) is 0 Å². The highest BCUT2D eigenvalue weighted by atomic mass is 19.4. The quantitative estimate of drug-likeness (QED) is 0.473. The second kappa shape index (κ2) is 7.78. The maximum absolute atomic E-state index is 13.8. The zero-order valence-corrected chi connectivity index (χ0v) is 16.1. The van der Waals surface area contributed by atoms with E-state index in [2.05, 4.69) is 20.4 Å². The van der Waals surface area contributed by atoms with Gasteiger partial charge in [0.1, 0.15) is 23.7 Å². The summed E-state index contributed by atoms with van der Waals surface area (Å²) in [5.74, 6) is -1.62. The maximum Gasteiger partial charge on any atom is 0.397 e. The lowest BCUT2D eigenvalue weighted by Gasteiger charge is -2.09. The summed E-state index contributed by atoms with van der Waals surface area (Å²) in [4.78, 5) is 20.2. The third-order valence-electron chi connectivity index (χ3n) is 4.49. The number of hydrogen-bond donors (Lipinski definition) is 1. The number of pyridine rings is 1. The zero-order chi connectivity index (χ0) is 22.2. The smallest absolute Gasteiger partial charge is 0.310 e. The standard InChI is InChI=1S/C21H15F4N5O/c1-12-9-13(4-5-15(12)22)19-20(30-17(29-19)3-2-7-27-30)14-6-8-26-16(10-14)28-18(31)11-21(23,24)25/h2-10H,11H2,1H3,(H,26,28,31). The van der Waals surface area contributed by atoms with Gasteiger partial charge < -0.3 is 5.32 Å². The van der Waals surface area contributed by atoms with Crippen LogP contribution in [0.5, 0.6) is 0 Å². The number of alkyl halides is 3. The Labute approximate surface area is 173 Å². The van der Waals surface area contributed by atoms with Crippen LogP contribution in [-0.2, 0) is 4.79 Å². The minimum atomic E-state index is -4.62. The highest BCUT2D eigenvalue weighted by Crippen LogP contribution is 2.33. The average Bonchev–Trinajstić information content (AvgIpc) is 3.08. The highest BCUT2D eigenvalue weighted by Gasteiger charge is 2.31. The summed E-state index contributed by atoms with van der Waals surface area (Å²) in [6, 6.07) is 11.1. The normalized spacial score (nSPS) is 11.6. The molecule has 0 atom stereocenters. The van der Waals surface area contributed by atoms with Gasteiger partial charge in [-0.25, -0.2) is 18.9 Å². The molecular weight excluding hydrogens is 414 g/mol. The highest BCUT2D eigenvalue weighted by molar-refractivity contribution is 5.91. The van der Waals surface area contributed by atoms with E-state index < -0.39 is 18.5 Å². The van der Waals surface area contributed by atoms with Crippen molar-refractivity contribution in [3.8, 4) is 22.5 Å². The molecule has 0 spiro atoms. The molecule has 1 N–H and O–H groups in total. The fourth-order valence-corrected chi connectivity index (χ4v) is 3.16. The molecule has 0 bridgehead atoms. The molecule has 4 rings (SSSR count). The minimum absolute atomic E-state index is 0.0427. The number of halogens is 4. The van der Waals surface area contributed by atoms with Crippen LogP contribution in [0.3, 0.4) is 0 Å². The van der Waals surface area contributed by atoms with E-state index in [0.717, 1.165) is 0 Å². The van der Waals surface area contributed by atoms with Gasteiger partial charge in [-0.15, -0.1) is 0 Å². The second-order valence-electron chi connectivity index (χ2n) is 6.84. The van der Waals surface area contributed by atoms with Crippen molar-refractivity contribution in [3.05, 3.63) is 66.2 Å². The first-order chi connectivity index (χ1) is 14.7. The lowest BCUT2D eigenvalue weighted by atomic mass is 10.0. The number of rotatable bonds is 4. The molecule has 4 aromatic rings. The minimum Gasteiger partial charge on any atom is -0.310 e. The van der Waals surface area contributed by atoms with Crippen LogP contribution in [0, 0.1) is 12.7 Å². The van der Waals surface area contributed by atoms with Gasteiger partial charge in [0.15, 0.2) is 5.65 Å². The van der Waals surface area contributed by atoms with Gasteiger partial charge in [0.25, 0.3) is 0 Å². The summed E-state index contributed by atoms with van der Waals surface area (Å²) in [5.41, 5.74) is 3.13. The van der Waals surface area contributed by atoms with Crippen LogP contribution in [0.25, 0.3) is 28.2 Å². The van der Waals surface area contributed by atoms with E-state index in [1.165, 1.54) is 18.3 Å². The van der Waals surface area contributed by atoms with Crippen LogP contribution in [0.2, 0.25) is 0 Å². The molecule has 0 aliphatic rings. The molecule has 1 aromatic carbocycles. The van der Waals surface area contributed by atoms with Crippen molar-refractivity contribution in [2.75, 3.05) is 5.32 Å². The first kappa shape index (κ1) is 20.5. The Morgan fingerprint density at radius 3 is 2.65 bits per heavy atom. The number of nitrogens with one attached hydrogen (secondary N) is 1. The predicted octanol–water partition coefficient (Wildman–Crippen LogP) is 4.80. The Balaban J connectivity index is 1.81. The predicted molar refractivity (Wildman–Crippen MR) is 106 cm³/mol. The van der Waals surface area contributed by atoms with Gasteiger partial charge in [-0.3, -0.25) is 4.79 Å². The van der Waals surface area contributed by atoms with Crippen molar-refractivity contribution in [2.45, 2.75) is 19.5 Å². The van der Waals surface area contributed by atoms with Gasteiger partial charge in [-0.2, -0.15) is 18.3 Å². The summed E-state index contributed by atoms with van der Waals surface area (Å²) in [6.07, 6.45) is -3.32. The SMILES string of the molecule is Cc1cc(-c2nc3cccnn3c2-c2ccnc(NC(=O)CC(F)(F)F)c2)ccc1F. The van der Waals surface area contributed by atoms with E-state index >= 15 is 0 Å². The van der Waals surface area contributed by atoms with E-state index in [4.69, 9.17) is 0 Å².